The van der Waals surface area contributed by atoms with E-state index in [2.05, 4.69) is 56.7 Å². The maximum absolute atomic E-state index is 4.30. The van der Waals surface area contributed by atoms with Crippen LogP contribution in [0.1, 0.15) is 5.56 Å². The minimum atomic E-state index is 0.978. The number of benzene rings is 1. The number of nitrogens with one attached hydrogen (secondary N) is 1. The molecule has 0 saturated carbocycles. The molecule has 4 rings (SSSR count). The first-order valence-corrected chi connectivity index (χ1v) is 8.85. The van der Waals surface area contributed by atoms with Crippen LogP contribution < -0.4 is 5.32 Å². The first kappa shape index (κ1) is 14.8. The third-order valence-corrected chi connectivity index (χ3v) is 5.35. The molecule has 1 aliphatic rings. The highest BCUT2D eigenvalue weighted by atomic mass is 32.1. The average Bonchev–Trinajstić information content (AvgIpc) is 3.05. The number of rotatable bonds is 4. The molecular formula is C18H19N4S. The zero-order valence-electron chi connectivity index (χ0n) is 13.0. The van der Waals surface area contributed by atoms with Crippen LogP contribution in [0.3, 0.4) is 0 Å². The van der Waals surface area contributed by atoms with Crippen LogP contribution in [0.5, 0.6) is 0 Å². The van der Waals surface area contributed by atoms with E-state index in [0.717, 1.165) is 49.4 Å². The Hall–Kier alpha value is -1.82. The summed E-state index contributed by atoms with van der Waals surface area (Å²) < 4.78 is 1.02. The average molecular weight is 323 g/mol. The van der Waals surface area contributed by atoms with Gasteiger partial charge in [0.2, 0.25) is 0 Å². The van der Waals surface area contributed by atoms with E-state index in [0.29, 0.717) is 0 Å². The number of aromatic nitrogens is 2. The van der Waals surface area contributed by atoms with Crippen molar-refractivity contribution in [1.29, 1.82) is 0 Å². The molecule has 0 unspecified atom stereocenters. The highest BCUT2D eigenvalue weighted by Gasteiger charge is 2.10. The Labute approximate surface area is 140 Å². The Morgan fingerprint density at radius 2 is 2.13 bits per heavy atom. The molecule has 1 aromatic carbocycles. The van der Waals surface area contributed by atoms with E-state index in [-0.39, 0.29) is 0 Å². The van der Waals surface area contributed by atoms with Crippen LogP contribution in [0, 0.1) is 6.20 Å². The Morgan fingerprint density at radius 3 is 3.00 bits per heavy atom. The number of hydrogen-bond acceptors (Lipinski definition) is 5. The van der Waals surface area contributed by atoms with Crippen molar-refractivity contribution in [2.45, 2.75) is 6.42 Å². The zero-order chi connectivity index (χ0) is 15.5. The van der Waals surface area contributed by atoms with Crippen LogP contribution in [-0.2, 0) is 6.42 Å². The highest BCUT2D eigenvalue weighted by molar-refractivity contribution is 7.22. The molecule has 0 amide bonds. The van der Waals surface area contributed by atoms with Gasteiger partial charge in [0.15, 0.2) is 0 Å². The van der Waals surface area contributed by atoms with E-state index >= 15 is 0 Å². The van der Waals surface area contributed by atoms with Gasteiger partial charge in [-0.2, -0.15) is 0 Å². The van der Waals surface area contributed by atoms with E-state index in [1.54, 1.807) is 17.7 Å². The van der Waals surface area contributed by atoms with E-state index in [9.17, 15) is 0 Å². The minimum Gasteiger partial charge on any atom is -0.314 e. The second-order valence-corrected chi connectivity index (χ2v) is 6.90. The molecule has 1 radical (unpaired) electrons. The van der Waals surface area contributed by atoms with Gasteiger partial charge in [0.1, 0.15) is 12.5 Å². The lowest BCUT2D eigenvalue weighted by Crippen LogP contribution is -2.44. The summed E-state index contributed by atoms with van der Waals surface area (Å²) in [5.74, 6) is 0. The third-order valence-electron chi connectivity index (χ3n) is 4.27. The molecule has 5 heteroatoms. The highest BCUT2D eigenvalue weighted by Crippen LogP contribution is 2.32. The van der Waals surface area contributed by atoms with Crippen molar-refractivity contribution in [2.75, 3.05) is 32.7 Å². The van der Waals surface area contributed by atoms with Crippen LogP contribution in [0.15, 0.2) is 36.7 Å². The molecule has 1 fully saturated rings. The van der Waals surface area contributed by atoms with Crippen molar-refractivity contribution in [1.82, 2.24) is 20.2 Å². The molecule has 1 aliphatic heterocycles. The Balaban J connectivity index is 1.51. The summed E-state index contributed by atoms with van der Waals surface area (Å²) in [6.07, 6.45) is 5.68. The molecule has 23 heavy (non-hydrogen) atoms. The van der Waals surface area contributed by atoms with Crippen LogP contribution in [0.25, 0.3) is 20.7 Å². The molecule has 0 aliphatic carbocycles. The smallest absolute Gasteiger partial charge is 0.116 e. The van der Waals surface area contributed by atoms with Crippen molar-refractivity contribution in [3.05, 3.63) is 48.4 Å². The fourth-order valence-corrected chi connectivity index (χ4v) is 3.93. The summed E-state index contributed by atoms with van der Waals surface area (Å²) in [7, 11) is 0. The Morgan fingerprint density at radius 1 is 1.22 bits per heavy atom. The van der Waals surface area contributed by atoms with E-state index in [1.807, 2.05) is 0 Å². The number of nitrogens with zero attached hydrogens (tertiary/aromatic N) is 3. The van der Waals surface area contributed by atoms with E-state index in [1.165, 1.54) is 16.0 Å². The summed E-state index contributed by atoms with van der Waals surface area (Å²) in [5.41, 5.74) is 3.64. The molecule has 1 saturated heterocycles. The van der Waals surface area contributed by atoms with Gasteiger partial charge in [-0.1, -0.05) is 24.3 Å². The van der Waals surface area contributed by atoms with Crippen molar-refractivity contribution in [2.24, 2.45) is 0 Å². The van der Waals surface area contributed by atoms with Gasteiger partial charge < -0.3 is 10.2 Å². The summed E-state index contributed by atoms with van der Waals surface area (Å²) in [6.45, 7) is 5.67. The SMILES string of the molecule is [c]1ncnc2cc(-c3cccc(CCN4CCNCC4)c3)sc12. The zero-order valence-corrected chi connectivity index (χ0v) is 13.8. The van der Waals surface area contributed by atoms with Gasteiger partial charge in [0, 0.05) is 37.6 Å². The largest absolute Gasteiger partial charge is 0.314 e. The van der Waals surface area contributed by atoms with Crippen LogP contribution in [0.2, 0.25) is 0 Å². The number of fused-ring (bicyclic) bond motifs is 1. The fourth-order valence-electron chi connectivity index (χ4n) is 2.98. The van der Waals surface area contributed by atoms with Gasteiger partial charge in [0.25, 0.3) is 0 Å². The number of piperazine rings is 1. The lowest BCUT2D eigenvalue weighted by atomic mass is 10.1. The summed E-state index contributed by atoms with van der Waals surface area (Å²) in [6, 6.07) is 11.0. The van der Waals surface area contributed by atoms with Gasteiger partial charge in [0.05, 0.1) is 10.2 Å². The predicted molar refractivity (Wildman–Crippen MR) is 94.7 cm³/mol. The van der Waals surface area contributed by atoms with Crippen LogP contribution in [0.4, 0.5) is 0 Å². The minimum absolute atomic E-state index is 0.978. The number of thiophene rings is 1. The third kappa shape index (κ3) is 3.42. The van der Waals surface area contributed by atoms with Crippen LogP contribution in [-0.4, -0.2) is 47.6 Å². The molecule has 0 bridgehead atoms. The van der Waals surface area contributed by atoms with E-state index < -0.39 is 0 Å². The molecule has 117 valence electrons. The Kier molecular flexibility index (Phi) is 4.33. The standard InChI is InChI=1S/C18H19N4S/c1-2-14(4-7-22-8-5-19-6-9-22)10-15(3-1)17-11-16-18(23-17)12-20-13-21-16/h1-3,10-11,13,19H,4-9H2. The monoisotopic (exact) mass is 323 g/mol. The summed E-state index contributed by atoms with van der Waals surface area (Å²) >= 11 is 1.71. The quantitative estimate of drug-likeness (QED) is 0.801. The lowest BCUT2D eigenvalue weighted by Gasteiger charge is -2.27. The van der Waals surface area contributed by atoms with Crippen molar-refractivity contribution >= 4 is 21.6 Å². The fraction of sp³-hybridized carbons (Fsp3) is 0.333. The maximum atomic E-state index is 4.30. The topological polar surface area (TPSA) is 41.1 Å². The van der Waals surface area contributed by atoms with Crippen molar-refractivity contribution in [3.63, 3.8) is 0 Å². The normalized spacial score (nSPS) is 16.0. The molecule has 2 aromatic heterocycles. The van der Waals surface area contributed by atoms with Gasteiger partial charge in [-0.3, -0.25) is 0 Å². The maximum Gasteiger partial charge on any atom is 0.116 e. The molecule has 3 heterocycles. The molecule has 0 spiro atoms. The molecular weight excluding hydrogens is 304 g/mol. The summed E-state index contributed by atoms with van der Waals surface area (Å²) in [4.78, 5) is 12.1. The first-order valence-electron chi connectivity index (χ1n) is 8.03. The van der Waals surface area contributed by atoms with Gasteiger partial charge >= 0.3 is 0 Å². The second-order valence-electron chi connectivity index (χ2n) is 5.85. The van der Waals surface area contributed by atoms with Crippen molar-refractivity contribution in [3.8, 4) is 10.4 Å². The van der Waals surface area contributed by atoms with Crippen LogP contribution >= 0.6 is 11.3 Å². The van der Waals surface area contributed by atoms with Crippen molar-refractivity contribution < 1.29 is 0 Å². The molecule has 4 nitrogen and oxygen atoms in total. The number of hydrogen-bond donors (Lipinski definition) is 1. The van der Waals surface area contributed by atoms with E-state index in [4.69, 9.17) is 0 Å². The first-order chi connectivity index (χ1) is 11.4. The lowest BCUT2D eigenvalue weighted by molar-refractivity contribution is 0.244. The Bertz CT molecular complexity index is 759. The molecule has 3 aromatic rings. The van der Waals surface area contributed by atoms with Gasteiger partial charge in [-0.15, -0.1) is 11.3 Å². The predicted octanol–water partition coefficient (Wildman–Crippen LogP) is 2.61. The molecule has 1 N–H and O–H groups in total. The molecule has 0 atom stereocenters. The second kappa shape index (κ2) is 6.74. The summed E-state index contributed by atoms with van der Waals surface area (Å²) in [5, 5.41) is 3.40. The van der Waals surface area contributed by atoms with Gasteiger partial charge in [-0.05, 0) is 23.6 Å². The van der Waals surface area contributed by atoms with Gasteiger partial charge in [-0.25, -0.2) is 9.97 Å².